The number of amides is 2. The summed E-state index contributed by atoms with van der Waals surface area (Å²) in [5.74, 6) is -3.87. The van der Waals surface area contributed by atoms with Gasteiger partial charge < -0.3 is 15.0 Å². The molecule has 1 fully saturated rings. The highest BCUT2D eigenvalue weighted by Gasteiger charge is 2.47. The molecule has 0 radical (unpaired) electrons. The molecule has 0 unspecified atom stereocenters. The molecule has 0 saturated carbocycles. The summed E-state index contributed by atoms with van der Waals surface area (Å²) >= 11 is 0. The van der Waals surface area contributed by atoms with Crippen LogP contribution in [0.25, 0.3) is 0 Å². The normalized spacial score (nSPS) is 18.2. The Bertz CT molecular complexity index is 867. The van der Waals surface area contributed by atoms with Crippen LogP contribution in [0.2, 0.25) is 0 Å². The number of carbonyl (C=O) groups excluding carboxylic acids is 2. The minimum atomic E-state index is -2.98. The van der Waals surface area contributed by atoms with Gasteiger partial charge in [-0.25, -0.2) is 13.5 Å². The standard InChI is InChI=1S/C17H23F2N7O3/c1-12-6-21-24(7-12)10-15(27)26-11-17(18,19)5-13(26)8-25-9-14(22-23-25)16(28)20-3-4-29-2/h6-7,9,13H,3-5,8,10-11H2,1-2H3,(H,20,28)/t13-/m0/s1. The molecule has 1 aliphatic heterocycles. The van der Waals surface area contributed by atoms with Gasteiger partial charge in [0.05, 0.1) is 38.1 Å². The van der Waals surface area contributed by atoms with Crippen LogP contribution in [0.3, 0.4) is 0 Å². The lowest BCUT2D eigenvalue weighted by molar-refractivity contribution is -0.134. The number of rotatable bonds is 8. The van der Waals surface area contributed by atoms with Crippen molar-refractivity contribution in [1.29, 1.82) is 0 Å². The fraction of sp³-hybridized carbons (Fsp3) is 0.588. The van der Waals surface area contributed by atoms with Gasteiger partial charge in [0.1, 0.15) is 6.54 Å². The summed E-state index contributed by atoms with van der Waals surface area (Å²) in [5.41, 5.74) is 0.941. The zero-order valence-corrected chi connectivity index (χ0v) is 16.2. The van der Waals surface area contributed by atoms with Crippen molar-refractivity contribution in [2.75, 3.05) is 26.8 Å². The summed E-state index contributed by atoms with van der Waals surface area (Å²) in [6.45, 7) is 1.73. The van der Waals surface area contributed by atoms with Crippen LogP contribution in [0.15, 0.2) is 18.6 Å². The maximum Gasteiger partial charge on any atom is 0.273 e. The molecule has 158 valence electrons. The van der Waals surface area contributed by atoms with Gasteiger partial charge in [-0.3, -0.25) is 14.3 Å². The molecule has 2 aromatic heterocycles. The highest BCUT2D eigenvalue weighted by atomic mass is 19.3. The highest BCUT2D eigenvalue weighted by Crippen LogP contribution is 2.33. The average molecular weight is 411 g/mol. The van der Waals surface area contributed by atoms with Crippen molar-refractivity contribution in [2.45, 2.75) is 38.4 Å². The smallest absolute Gasteiger partial charge is 0.273 e. The number of likely N-dealkylation sites (tertiary alicyclic amines) is 1. The van der Waals surface area contributed by atoms with Gasteiger partial charge in [-0.2, -0.15) is 5.10 Å². The monoisotopic (exact) mass is 411 g/mol. The van der Waals surface area contributed by atoms with Crippen molar-refractivity contribution in [3.8, 4) is 0 Å². The summed E-state index contributed by atoms with van der Waals surface area (Å²) in [6.07, 6.45) is 4.16. The van der Waals surface area contributed by atoms with Crippen LogP contribution in [-0.4, -0.2) is 80.3 Å². The molecule has 0 bridgehead atoms. The van der Waals surface area contributed by atoms with Crippen LogP contribution in [-0.2, 0) is 22.6 Å². The molecule has 0 aliphatic carbocycles. The fourth-order valence-corrected chi connectivity index (χ4v) is 3.20. The predicted molar refractivity (Wildman–Crippen MR) is 96.3 cm³/mol. The van der Waals surface area contributed by atoms with Crippen LogP contribution >= 0.6 is 0 Å². The number of hydrogen-bond donors (Lipinski definition) is 1. The van der Waals surface area contributed by atoms with E-state index in [9.17, 15) is 18.4 Å². The topological polar surface area (TPSA) is 107 Å². The first-order valence-electron chi connectivity index (χ1n) is 9.11. The van der Waals surface area contributed by atoms with E-state index in [-0.39, 0.29) is 18.8 Å². The van der Waals surface area contributed by atoms with Gasteiger partial charge >= 0.3 is 0 Å². The maximum absolute atomic E-state index is 14.0. The molecule has 3 heterocycles. The Balaban J connectivity index is 1.65. The Labute approximate surface area is 165 Å². The number of alkyl halides is 2. The molecule has 10 nitrogen and oxygen atoms in total. The van der Waals surface area contributed by atoms with Crippen LogP contribution in [0.5, 0.6) is 0 Å². The van der Waals surface area contributed by atoms with E-state index in [2.05, 4.69) is 20.7 Å². The highest BCUT2D eigenvalue weighted by molar-refractivity contribution is 5.91. The van der Waals surface area contributed by atoms with Gasteiger partial charge in [-0.15, -0.1) is 5.10 Å². The van der Waals surface area contributed by atoms with Crippen molar-refractivity contribution < 1.29 is 23.1 Å². The van der Waals surface area contributed by atoms with E-state index in [4.69, 9.17) is 4.74 Å². The number of carbonyl (C=O) groups is 2. The number of nitrogens with zero attached hydrogens (tertiary/aromatic N) is 6. The third kappa shape index (κ3) is 5.34. The van der Waals surface area contributed by atoms with Crippen LogP contribution in [0, 0.1) is 6.92 Å². The lowest BCUT2D eigenvalue weighted by atomic mass is 10.2. The maximum atomic E-state index is 14.0. The number of hydrogen-bond acceptors (Lipinski definition) is 6. The number of methoxy groups -OCH3 is 1. The van der Waals surface area contributed by atoms with Gasteiger partial charge in [0.15, 0.2) is 5.69 Å². The molecule has 1 aliphatic rings. The first kappa shape index (κ1) is 20.8. The molecule has 29 heavy (non-hydrogen) atoms. The molecule has 2 aromatic rings. The quantitative estimate of drug-likeness (QED) is 0.618. The largest absolute Gasteiger partial charge is 0.383 e. The van der Waals surface area contributed by atoms with Crippen molar-refractivity contribution in [2.24, 2.45) is 0 Å². The van der Waals surface area contributed by atoms with E-state index < -0.39 is 36.7 Å². The molecule has 1 atom stereocenters. The Kier molecular flexibility index (Phi) is 6.20. The second kappa shape index (κ2) is 8.64. The van der Waals surface area contributed by atoms with E-state index in [1.165, 1.54) is 22.7 Å². The van der Waals surface area contributed by atoms with Crippen LogP contribution in [0.1, 0.15) is 22.5 Å². The van der Waals surface area contributed by atoms with E-state index >= 15 is 0 Å². The Morgan fingerprint density at radius 1 is 1.34 bits per heavy atom. The molecule has 2 amide bonds. The molecule has 1 N–H and O–H groups in total. The molecule has 0 spiro atoms. The second-order valence-corrected chi connectivity index (χ2v) is 7.03. The third-order valence-corrected chi connectivity index (χ3v) is 4.52. The number of aryl methyl sites for hydroxylation is 1. The van der Waals surface area contributed by atoms with E-state index in [1.54, 1.807) is 12.4 Å². The molecular formula is C17H23F2N7O3. The Morgan fingerprint density at radius 2 is 2.14 bits per heavy atom. The summed E-state index contributed by atoms with van der Waals surface area (Å²) in [5, 5.41) is 14.2. The molecular weight excluding hydrogens is 388 g/mol. The zero-order valence-electron chi connectivity index (χ0n) is 16.2. The molecule has 12 heteroatoms. The lowest BCUT2D eigenvalue weighted by Gasteiger charge is -2.23. The van der Waals surface area contributed by atoms with Gasteiger partial charge in [0.2, 0.25) is 5.91 Å². The van der Waals surface area contributed by atoms with Crippen molar-refractivity contribution in [1.82, 2.24) is 35.0 Å². The van der Waals surface area contributed by atoms with Gasteiger partial charge in [0, 0.05) is 26.3 Å². The van der Waals surface area contributed by atoms with Gasteiger partial charge in [-0.1, -0.05) is 5.21 Å². The van der Waals surface area contributed by atoms with Crippen molar-refractivity contribution in [3.05, 3.63) is 29.8 Å². The molecule has 0 aromatic carbocycles. The van der Waals surface area contributed by atoms with Crippen LogP contribution < -0.4 is 5.32 Å². The second-order valence-electron chi connectivity index (χ2n) is 7.03. The number of aromatic nitrogens is 5. The first-order chi connectivity index (χ1) is 13.8. The van der Waals surface area contributed by atoms with Gasteiger partial charge in [0.25, 0.3) is 11.8 Å². The molecule has 3 rings (SSSR count). The number of halogens is 2. The third-order valence-electron chi connectivity index (χ3n) is 4.52. The minimum Gasteiger partial charge on any atom is -0.383 e. The summed E-state index contributed by atoms with van der Waals surface area (Å²) in [4.78, 5) is 25.7. The van der Waals surface area contributed by atoms with Crippen LogP contribution in [0.4, 0.5) is 8.78 Å². The zero-order chi connectivity index (χ0) is 21.0. The van der Waals surface area contributed by atoms with Crippen molar-refractivity contribution in [3.63, 3.8) is 0 Å². The first-order valence-corrected chi connectivity index (χ1v) is 9.11. The average Bonchev–Trinajstić information content (AvgIpc) is 3.35. The van der Waals surface area contributed by atoms with E-state index in [1.807, 2.05) is 6.92 Å². The number of ether oxygens (including phenoxy) is 1. The van der Waals surface area contributed by atoms with E-state index in [0.717, 1.165) is 10.5 Å². The minimum absolute atomic E-state index is 0.0117. The summed E-state index contributed by atoms with van der Waals surface area (Å²) in [6, 6.07) is -0.764. The Hall–Kier alpha value is -2.89. The number of nitrogens with one attached hydrogen (secondary N) is 1. The van der Waals surface area contributed by atoms with Gasteiger partial charge in [-0.05, 0) is 12.5 Å². The SMILES string of the molecule is COCCNC(=O)c1cn(C[C@@H]2CC(F)(F)CN2C(=O)Cn2cc(C)cn2)nn1. The fourth-order valence-electron chi connectivity index (χ4n) is 3.20. The molecule has 1 saturated heterocycles. The van der Waals surface area contributed by atoms with Crippen molar-refractivity contribution >= 4 is 11.8 Å². The summed E-state index contributed by atoms with van der Waals surface area (Å²) < 4.78 is 35.6. The van der Waals surface area contributed by atoms with E-state index in [0.29, 0.717) is 13.2 Å². The predicted octanol–water partition coefficient (Wildman–Crippen LogP) is 0.0956. The Morgan fingerprint density at radius 3 is 2.83 bits per heavy atom. The summed E-state index contributed by atoms with van der Waals surface area (Å²) in [7, 11) is 1.51. The lowest BCUT2D eigenvalue weighted by Crippen LogP contribution is -2.40.